The molecule has 3 rings (SSSR count). The second-order valence-electron chi connectivity index (χ2n) is 7.13. The van der Waals surface area contributed by atoms with Gasteiger partial charge in [-0.3, -0.25) is 4.90 Å². The van der Waals surface area contributed by atoms with Crippen molar-refractivity contribution in [2.75, 3.05) is 32.7 Å². The first-order chi connectivity index (χ1) is 9.86. The van der Waals surface area contributed by atoms with E-state index in [1.807, 2.05) is 0 Å². The van der Waals surface area contributed by atoms with Crippen molar-refractivity contribution in [3.05, 3.63) is 0 Å². The van der Waals surface area contributed by atoms with E-state index in [1.165, 1.54) is 84.1 Å². The summed E-state index contributed by atoms with van der Waals surface area (Å²) in [6, 6.07) is 2.45. The molecule has 3 saturated heterocycles. The predicted molar refractivity (Wildman–Crippen MR) is 85.1 cm³/mol. The average molecular weight is 279 g/mol. The summed E-state index contributed by atoms with van der Waals surface area (Å²) in [6.45, 7) is 8.96. The normalized spacial score (nSPS) is 33.5. The molecule has 1 N–H and O–H groups in total. The number of hydrogen-bond donors (Lipinski definition) is 1. The monoisotopic (exact) mass is 279 g/mol. The fraction of sp³-hybridized carbons (Fsp3) is 1.00. The van der Waals surface area contributed by atoms with E-state index in [1.54, 1.807) is 0 Å². The third-order valence-corrected chi connectivity index (χ3v) is 5.72. The highest BCUT2D eigenvalue weighted by Gasteiger charge is 2.36. The van der Waals surface area contributed by atoms with Crippen molar-refractivity contribution in [1.82, 2.24) is 15.1 Å². The number of fused-ring (bicyclic) bond motifs is 1. The molecule has 0 aromatic rings. The molecule has 3 nitrogen and oxygen atoms in total. The van der Waals surface area contributed by atoms with Crippen molar-refractivity contribution in [2.45, 2.75) is 76.4 Å². The molecule has 3 heteroatoms. The second-order valence-corrected chi connectivity index (χ2v) is 7.13. The molecule has 0 spiro atoms. The quantitative estimate of drug-likeness (QED) is 0.834. The zero-order chi connectivity index (χ0) is 13.8. The summed E-state index contributed by atoms with van der Waals surface area (Å²) in [4.78, 5) is 5.42. The molecule has 116 valence electrons. The van der Waals surface area contributed by atoms with Gasteiger partial charge in [-0.1, -0.05) is 19.8 Å². The highest BCUT2D eigenvalue weighted by molar-refractivity contribution is 4.95. The van der Waals surface area contributed by atoms with Gasteiger partial charge in [-0.05, 0) is 64.7 Å². The van der Waals surface area contributed by atoms with Crippen molar-refractivity contribution >= 4 is 0 Å². The number of unbranched alkanes of at least 4 members (excludes halogenated alkanes) is 1. The first kappa shape index (κ1) is 14.8. The zero-order valence-electron chi connectivity index (χ0n) is 13.3. The van der Waals surface area contributed by atoms with Gasteiger partial charge < -0.3 is 10.2 Å². The number of likely N-dealkylation sites (tertiary alicyclic amines) is 1. The lowest BCUT2D eigenvalue weighted by Gasteiger charge is -2.37. The van der Waals surface area contributed by atoms with Crippen molar-refractivity contribution in [3.63, 3.8) is 0 Å². The Morgan fingerprint density at radius 1 is 0.950 bits per heavy atom. The number of rotatable bonds is 5. The van der Waals surface area contributed by atoms with E-state index in [2.05, 4.69) is 22.0 Å². The molecule has 0 bridgehead atoms. The largest absolute Gasteiger partial charge is 0.310 e. The molecule has 0 aromatic heterocycles. The Bertz CT molecular complexity index is 286. The minimum Gasteiger partial charge on any atom is -0.310 e. The number of nitrogens with zero attached hydrogens (tertiary/aromatic N) is 2. The van der Waals surface area contributed by atoms with Crippen molar-refractivity contribution in [2.24, 2.45) is 0 Å². The summed E-state index contributed by atoms with van der Waals surface area (Å²) in [5.41, 5.74) is 0. The maximum Gasteiger partial charge on any atom is 0.0249 e. The minimum atomic E-state index is 0.791. The van der Waals surface area contributed by atoms with Crippen LogP contribution in [0.4, 0.5) is 0 Å². The van der Waals surface area contributed by atoms with Crippen LogP contribution in [0.15, 0.2) is 0 Å². The second kappa shape index (κ2) is 7.24. The Kier molecular flexibility index (Phi) is 5.36. The van der Waals surface area contributed by atoms with Crippen LogP contribution in [0.5, 0.6) is 0 Å². The van der Waals surface area contributed by atoms with Crippen LogP contribution in [0, 0.1) is 0 Å². The van der Waals surface area contributed by atoms with Crippen LogP contribution >= 0.6 is 0 Å². The molecule has 3 fully saturated rings. The maximum absolute atomic E-state index is 4.03. The van der Waals surface area contributed by atoms with Gasteiger partial charge >= 0.3 is 0 Å². The molecular formula is C17H33N3. The van der Waals surface area contributed by atoms with Gasteiger partial charge in [0.1, 0.15) is 0 Å². The molecule has 2 atom stereocenters. The van der Waals surface area contributed by atoms with Gasteiger partial charge in [-0.25, -0.2) is 0 Å². The Labute approximate surface area is 125 Å². The highest BCUT2D eigenvalue weighted by Crippen LogP contribution is 2.28. The zero-order valence-corrected chi connectivity index (χ0v) is 13.3. The first-order valence-electron chi connectivity index (χ1n) is 9.09. The molecule has 0 aromatic carbocycles. The third kappa shape index (κ3) is 3.55. The van der Waals surface area contributed by atoms with Gasteiger partial charge in [0.15, 0.2) is 0 Å². The van der Waals surface area contributed by atoms with Gasteiger partial charge in [0.05, 0.1) is 0 Å². The molecule has 3 heterocycles. The highest BCUT2D eigenvalue weighted by atomic mass is 15.2. The van der Waals surface area contributed by atoms with Gasteiger partial charge in [-0.2, -0.15) is 0 Å². The SMILES string of the molecule is CCCCN1CCC(NC2CCN3CCCCC23)CC1. The molecule has 0 amide bonds. The molecular weight excluding hydrogens is 246 g/mol. The third-order valence-electron chi connectivity index (χ3n) is 5.72. The van der Waals surface area contributed by atoms with E-state index < -0.39 is 0 Å². The summed E-state index contributed by atoms with van der Waals surface area (Å²) in [6.07, 6.45) is 11.1. The molecule has 2 unspecified atom stereocenters. The minimum absolute atomic E-state index is 0.791. The molecule has 3 aliphatic heterocycles. The van der Waals surface area contributed by atoms with Crippen LogP contribution in [-0.4, -0.2) is 60.6 Å². The Morgan fingerprint density at radius 2 is 1.80 bits per heavy atom. The summed E-state index contributed by atoms with van der Waals surface area (Å²) < 4.78 is 0. The topological polar surface area (TPSA) is 18.5 Å². The predicted octanol–water partition coefficient (Wildman–Crippen LogP) is 2.47. The standard InChI is InChI=1S/C17H33N3/c1-2-3-10-19-12-7-15(8-13-19)18-16-9-14-20-11-5-4-6-17(16)20/h15-18H,2-14H2,1H3. The molecule has 20 heavy (non-hydrogen) atoms. The lowest BCUT2D eigenvalue weighted by Crippen LogP contribution is -2.51. The van der Waals surface area contributed by atoms with Crippen LogP contribution in [-0.2, 0) is 0 Å². The Morgan fingerprint density at radius 3 is 2.60 bits per heavy atom. The molecule has 0 saturated carbocycles. The smallest absolute Gasteiger partial charge is 0.0249 e. The summed E-state index contributed by atoms with van der Waals surface area (Å²) in [5, 5.41) is 4.03. The van der Waals surface area contributed by atoms with Crippen LogP contribution in [0.25, 0.3) is 0 Å². The van der Waals surface area contributed by atoms with Gasteiger partial charge in [0.25, 0.3) is 0 Å². The maximum atomic E-state index is 4.03. The Hall–Kier alpha value is -0.120. The molecule has 3 aliphatic rings. The van der Waals surface area contributed by atoms with E-state index >= 15 is 0 Å². The molecule has 0 radical (unpaired) electrons. The van der Waals surface area contributed by atoms with Gasteiger partial charge in [0, 0.05) is 24.7 Å². The van der Waals surface area contributed by atoms with Crippen molar-refractivity contribution in [3.8, 4) is 0 Å². The van der Waals surface area contributed by atoms with Crippen LogP contribution in [0.2, 0.25) is 0 Å². The van der Waals surface area contributed by atoms with E-state index in [4.69, 9.17) is 0 Å². The molecule has 0 aliphatic carbocycles. The Balaban J connectivity index is 1.41. The van der Waals surface area contributed by atoms with Gasteiger partial charge in [0.2, 0.25) is 0 Å². The lowest BCUT2D eigenvalue weighted by molar-refractivity contribution is 0.156. The number of piperidine rings is 2. The van der Waals surface area contributed by atoms with E-state index in [-0.39, 0.29) is 0 Å². The lowest BCUT2D eigenvalue weighted by atomic mass is 9.96. The summed E-state index contributed by atoms with van der Waals surface area (Å²) >= 11 is 0. The average Bonchev–Trinajstić information content (AvgIpc) is 2.90. The van der Waals surface area contributed by atoms with Crippen molar-refractivity contribution < 1.29 is 0 Å². The number of nitrogens with one attached hydrogen (secondary N) is 1. The summed E-state index contributed by atoms with van der Waals surface area (Å²) in [7, 11) is 0. The number of hydrogen-bond acceptors (Lipinski definition) is 3. The van der Waals surface area contributed by atoms with Crippen molar-refractivity contribution in [1.29, 1.82) is 0 Å². The van der Waals surface area contributed by atoms with Crippen LogP contribution in [0.3, 0.4) is 0 Å². The fourth-order valence-electron chi connectivity index (χ4n) is 4.45. The van der Waals surface area contributed by atoms with E-state index in [0.717, 1.165) is 18.1 Å². The van der Waals surface area contributed by atoms with Gasteiger partial charge in [-0.15, -0.1) is 0 Å². The first-order valence-corrected chi connectivity index (χ1v) is 9.09. The fourth-order valence-corrected chi connectivity index (χ4v) is 4.45. The van der Waals surface area contributed by atoms with Crippen LogP contribution in [0.1, 0.15) is 58.3 Å². The van der Waals surface area contributed by atoms with E-state index in [9.17, 15) is 0 Å². The van der Waals surface area contributed by atoms with Crippen LogP contribution < -0.4 is 5.32 Å². The summed E-state index contributed by atoms with van der Waals surface area (Å²) in [5.74, 6) is 0. The van der Waals surface area contributed by atoms with E-state index in [0.29, 0.717) is 0 Å².